The predicted octanol–water partition coefficient (Wildman–Crippen LogP) is 3.69. The van der Waals surface area contributed by atoms with E-state index >= 15 is 0 Å². The Morgan fingerprint density at radius 1 is 1.20 bits per heavy atom. The smallest absolute Gasteiger partial charge is 0.129 e. The summed E-state index contributed by atoms with van der Waals surface area (Å²) in [7, 11) is 0. The predicted molar refractivity (Wildman–Crippen MR) is 76.0 cm³/mol. The lowest BCUT2D eigenvalue weighted by Gasteiger charge is -2.08. The topological polar surface area (TPSA) is 18.5 Å². The normalized spacial score (nSPS) is 12.9. The van der Waals surface area contributed by atoms with E-state index in [4.69, 9.17) is 9.47 Å². The fraction of sp³-hybridized carbons (Fsp3) is 0.294. The van der Waals surface area contributed by atoms with E-state index in [-0.39, 0.29) is 5.82 Å². The molecule has 104 valence electrons. The second-order valence-corrected chi connectivity index (χ2v) is 5.05. The molecule has 3 rings (SSSR count). The van der Waals surface area contributed by atoms with Crippen molar-refractivity contribution in [1.82, 2.24) is 0 Å². The van der Waals surface area contributed by atoms with Crippen LogP contribution in [0, 0.1) is 12.7 Å². The summed E-state index contributed by atoms with van der Waals surface area (Å²) in [6.45, 7) is 3.06. The van der Waals surface area contributed by atoms with E-state index in [0.29, 0.717) is 17.9 Å². The number of halogens is 1. The molecule has 0 unspecified atom stereocenters. The molecule has 0 saturated heterocycles. The number of hydrogen-bond acceptors (Lipinski definition) is 2. The average molecular weight is 272 g/mol. The number of hydrogen-bond donors (Lipinski definition) is 0. The van der Waals surface area contributed by atoms with E-state index in [1.807, 2.05) is 6.07 Å². The van der Waals surface area contributed by atoms with Crippen LogP contribution in [0.4, 0.5) is 4.39 Å². The van der Waals surface area contributed by atoms with Gasteiger partial charge in [-0.15, -0.1) is 0 Å². The molecule has 0 spiro atoms. The van der Waals surface area contributed by atoms with Gasteiger partial charge in [0.1, 0.15) is 17.3 Å². The Hall–Kier alpha value is -2.03. The van der Waals surface area contributed by atoms with Crippen molar-refractivity contribution in [2.24, 2.45) is 0 Å². The van der Waals surface area contributed by atoms with Gasteiger partial charge in [-0.2, -0.15) is 0 Å². The van der Waals surface area contributed by atoms with Gasteiger partial charge in [-0.1, -0.05) is 18.2 Å². The van der Waals surface area contributed by atoms with Gasteiger partial charge in [-0.25, -0.2) is 4.39 Å². The maximum atomic E-state index is 13.4. The van der Waals surface area contributed by atoms with Crippen LogP contribution >= 0.6 is 0 Å². The van der Waals surface area contributed by atoms with Gasteiger partial charge < -0.3 is 9.47 Å². The van der Waals surface area contributed by atoms with Crippen molar-refractivity contribution in [3.8, 4) is 11.5 Å². The molecule has 0 N–H and O–H groups in total. The second-order valence-electron chi connectivity index (χ2n) is 5.05. The van der Waals surface area contributed by atoms with Gasteiger partial charge in [-0.3, -0.25) is 0 Å². The summed E-state index contributed by atoms with van der Waals surface area (Å²) >= 11 is 0. The number of fused-ring (bicyclic) bond motifs is 1. The van der Waals surface area contributed by atoms with Gasteiger partial charge >= 0.3 is 0 Å². The van der Waals surface area contributed by atoms with Crippen LogP contribution < -0.4 is 9.47 Å². The van der Waals surface area contributed by atoms with Gasteiger partial charge in [0.2, 0.25) is 0 Å². The van der Waals surface area contributed by atoms with Gasteiger partial charge in [0.25, 0.3) is 0 Å². The first kappa shape index (κ1) is 13.0. The number of ether oxygens (including phenoxy) is 2. The average Bonchev–Trinajstić information content (AvgIpc) is 2.90. The Morgan fingerprint density at radius 2 is 2.10 bits per heavy atom. The molecule has 0 fully saturated rings. The SMILES string of the molecule is Cc1ccc(OCCc2ccc3c(c2)CCO3)cc1F. The van der Waals surface area contributed by atoms with Crippen molar-refractivity contribution in [2.45, 2.75) is 19.8 Å². The van der Waals surface area contributed by atoms with Crippen LogP contribution in [0.3, 0.4) is 0 Å². The number of rotatable bonds is 4. The molecule has 0 aliphatic carbocycles. The molecule has 2 aromatic carbocycles. The van der Waals surface area contributed by atoms with Crippen LogP contribution in [0.1, 0.15) is 16.7 Å². The molecule has 1 aliphatic heterocycles. The highest BCUT2D eigenvalue weighted by Gasteiger charge is 2.11. The van der Waals surface area contributed by atoms with E-state index in [1.54, 1.807) is 19.1 Å². The van der Waals surface area contributed by atoms with Crippen LogP contribution in [-0.4, -0.2) is 13.2 Å². The van der Waals surface area contributed by atoms with Gasteiger partial charge in [-0.05, 0) is 35.7 Å². The highest BCUT2D eigenvalue weighted by molar-refractivity contribution is 5.39. The molecule has 1 heterocycles. The Bertz CT molecular complexity index is 622. The van der Waals surface area contributed by atoms with Crippen molar-refractivity contribution in [1.29, 1.82) is 0 Å². The summed E-state index contributed by atoms with van der Waals surface area (Å²) < 4.78 is 24.5. The van der Waals surface area contributed by atoms with Gasteiger partial charge in [0.05, 0.1) is 13.2 Å². The van der Waals surface area contributed by atoms with Crippen molar-refractivity contribution in [2.75, 3.05) is 13.2 Å². The summed E-state index contributed by atoms with van der Waals surface area (Å²) in [5, 5.41) is 0. The molecule has 2 aromatic rings. The Kier molecular flexibility index (Phi) is 3.59. The minimum absolute atomic E-state index is 0.225. The Balaban J connectivity index is 1.58. The molecule has 0 atom stereocenters. The summed E-state index contributed by atoms with van der Waals surface area (Å²) in [4.78, 5) is 0. The van der Waals surface area contributed by atoms with Crippen molar-refractivity contribution in [3.05, 3.63) is 58.9 Å². The molecule has 1 aliphatic rings. The molecule has 2 nitrogen and oxygen atoms in total. The third-order valence-corrected chi connectivity index (χ3v) is 3.56. The zero-order valence-electron chi connectivity index (χ0n) is 11.5. The third-order valence-electron chi connectivity index (χ3n) is 3.56. The summed E-state index contributed by atoms with van der Waals surface area (Å²) in [6.07, 6.45) is 1.79. The van der Waals surface area contributed by atoms with Crippen molar-refractivity contribution >= 4 is 0 Å². The number of aryl methyl sites for hydroxylation is 1. The van der Waals surface area contributed by atoms with Crippen molar-refractivity contribution in [3.63, 3.8) is 0 Å². The Labute approximate surface area is 118 Å². The molecule has 0 amide bonds. The molecule has 0 saturated carbocycles. The van der Waals surface area contributed by atoms with E-state index in [1.165, 1.54) is 17.2 Å². The number of benzene rings is 2. The minimum Gasteiger partial charge on any atom is -0.493 e. The van der Waals surface area contributed by atoms with E-state index in [9.17, 15) is 4.39 Å². The molecule has 0 bridgehead atoms. The standard InChI is InChI=1S/C17H17FO2/c1-12-2-4-15(11-16(12)18)19-8-6-13-3-5-17-14(10-13)7-9-20-17/h2-5,10-11H,6-9H2,1H3. The van der Waals surface area contributed by atoms with E-state index in [0.717, 1.165) is 25.2 Å². The molecular formula is C17H17FO2. The lowest BCUT2D eigenvalue weighted by atomic mass is 10.1. The first-order valence-corrected chi connectivity index (χ1v) is 6.86. The fourth-order valence-electron chi connectivity index (χ4n) is 2.35. The maximum absolute atomic E-state index is 13.4. The second kappa shape index (κ2) is 5.53. The van der Waals surface area contributed by atoms with Crippen LogP contribution in [-0.2, 0) is 12.8 Å². The molecule has 3 heteroatoms. The highest BCUT2D eigenvalue weighted by atomic mass is 19.1. The summed E-state index contributed by atoms with van der Waals surface area (Å²) in [6, 6.07) is 11.2. The van der Waals surface area contributed by atoms with Crippen LogP contribution in [0.5, 0.6) is 11.5 Å². The first-order chi connectivity index (χ1) is 9.72. The van der Waals surface area contributed by atoms with Gasteiger partial charge in [0.15, 0.2) is 0 Å². The van der Waals surface area contributed by atoms with Crippen LogP contribution in [0.2, 0.25) is 0 Å². The molecule has 0 radical (unpaired) electrons. The highest BCUT2D eigenvalue weighted by Crippen LogP contribution is 2.26. The quantitative estimate of drug-likeness (QED) is 0.845. The van der Waals surface area contributed by atoms with Crippen molar-refractivity contribution < 1.29 is 13.9 Å². The summed E-state index contributed by atoms with van der Waals surface area (Å²) in [5.41, 5.74) is 3.13. The van der Waals surface area contributed by atoms with E-state index < -0.39 is 0 Å². The largest absolute Gasteiger partial charge is 0.493 e. The first-order valence-electron chi connectivity index (χ1n) is 6.86. The molecule has 0 aromatic heterocycles. The fourth-order valence-corrected chi connectivity index (χ4v) is 2.35. The zero-order chi connectivity index (χ0) is 13.9. The maximum Gasteiger partial charge on any atom is 0.129 e. The van der Waals surface area contributed by atoms with Crippen LogP contribution in [0.25, 0.3) is 0 Å². The zero-order valence-corrected chi connectivity index (χ0v) is 11.5. The van der Waals surface area contributed by atoms with Crippen LogP contribution in [0.15, 0.2) is 36.4 Å². The summed E-state index contributed by atoms with van der Waals surface area (Å²) in [5.74, 6) is 1.35. The Morgan fingerprint density at radius 3 is 2.95 bits per heavy atom. The molecular weight excluding hydrogens is 255 g/mol. The lowest BCUT2D eigenvalue weighted by molar-refractivity contribution is 0.320. The molecule has 20 heavy (non-hydrogen) atoms. The lowest BCUT2D eigenvalue weighted by Crippen LogP contribution is -2.02. The van der Waals surface area contributed by atoms with Gasteiger partial charge in [0, 0.05) is 18.9 Å². The minimum atomic E-state index is -0.225. The van der Waals surface area contributed by atoms with E-state index in [2.05, 4.69) is 12.1 Å². The monoisotopic (exact) mass is 272 g/mol. The third kappa shape index (κ3) is 2.77.